The second-order valence-electron chi connectivity index (χ2n) is 6.32. The molecule has 0 N–H and O–H groups in total. The van der Waals surface area contributed by atoms with Crippen LogP contribution in [0.4, 0.5) is 5.69 Å². The molecule has 126 valence electrons. The highest BCUT2D eigenvalue weighted by Crippen LogP contribution is 2.25. The Morgan fingerprint density at radius 1 is 1.04 bits per heavy atom. The highest BCUT2D eigenvalue weighted by molar-refractivity contribution is 6.08. The summed E-state index contributed by atoms with van der Waals surface area (Å²) in [5, 5.41) is 10.7. The highest BCUT2D eigenvalue weighted by Gasteiger charge is 2.44. The average molecular weight is 323 g/mol. The maximum Gasteiger partial charge on any atom is 0.269 e. The smallest absolute Gasteiger partial charge is 0.269 e. The van der Waals surface area contributed by atoms with Crippen molar-refractivity contribution in [2.75, 3.05) is 0 Å². The van der Waals surface area contributed by atoms with E-state index >= 15 is 0 Å². The fourth-order valence-electron chi connectivity index (χ4n) is 1.86. The van der Waals surface area contributed by atoms with Crippen molar-refractivity contribution in [3.8, 4) is 0 Å². The molecule has 0 spiro atoms. The molecule has 0 aromatic heterocycles. The number of nitrogens with zero attached hydrogens (tertiary/aromatic N) is 1. The summed E-state index contributed by atoms with van der Waals surface area (Å²) in [5.41, 5.74) is -2.00. The van der Waals surface area contributed by atoms with E-state index in [1.54, 1.807) is 20.8 Å². The first-order valence-electron chi connectivity index (χ1n) is 7.10. The SMILES string of the molecule is CC(=O)C(Cc1ccc([N+](=O)[O-])cc1)(OOC(C)(C)C)C(C)=O. The van der Waals surface area contributed by atoms with E-state index < -0.39 is 27.7 Å². The van der Waals surface area contributed by atoms with Crippen LogP contribution < -0.4 is 0 Å². The van der Waals surface area contributed by atoms with Crippen LogP contribution in [-0.2, 0) is 25.8 Å². The normalized spacial score (nSPS) is 12.0. The average Bonchev–Trinajstić information content (AvgIpc) is 2.42. The zero-order chi connectivity index (χ0) is 17.8. The van der Waals surface area contributed by atoms with E-state index in [-0.39, 0.29) is 12.1 Å². The minimum absolute atomic E-state index is 0.0637. The first kappa shape index (κ1) is 18.9. The molecule has 7 nitrogen and oxygen atoms in total. The highest BCUT2D eigenvalue weighted by atomic mass is 17.2. The van der Waals surface area contributed by atoms with Crippen molar-refractivity contribution in [1.29, 1.82) is 0 Å². The van der Waals surface area contributed by atoms with E-state index in [0.717, 1.165) is 0 Å². The standard InChI is InChI=1S/C16H21NO6/c1-11(18)16(12(2)19,23-22-15(3,4)5)10-13-6-8-14(9-7-13)17(20)21/h6-9H,10H2,1-5H3. The van der Waals surface area contributed by atoms with Gasteiger partial charge in [-0.3, -0.25) is 19.7 Å². The van der Waals surface area contributed by atoms with Gasteiger partial charge in [-0.2, -0.15) is 0 Å². The van der Waals surface area contributed by atoms with Gasteiger partial charge in [0.25, 0.3) is 5.69 Å². The van der Waals surface area contributed by atoms with Crippen LogP contribution in [0.25, 0.3) is 0 Å². The van der Waals surface area contributed by atoms with Gasteiger partial charge in [0.1, 0.15) is 0 Å². The molecule has 0 amide bonds. The van der Waals surface area contributed by atoms with Gasteiger partial charge in [-0.15, -0.1) is 0 Å². The first-order chi connectivity index (χ1) is 10.5. The van der Waals surface area contributed by atoms with Gasteiger partial charge in [-0.1, -0.05) is 12.1 Å². The summed E-state index contributed by atoms with van der Waals surface area (Å²) < 4.78 is 0. The minimum Gasteiger partial charge on any atom is -0.296 e. The third-order valence-electron chi connectivity index (χ3n) is 3.17. The van der Waals surface area contributed by atoms with Crippen molar-refractivity contribution in [2.45, 2.75) is 52.2 Å². The summed E-state index contributed by atoms with van der Waals surface area (Å²) in [7, 11) is 0. The van der Waals surface area contributed by atoms with E-state index in [9.17, 15) is 19.7 Å². The third-order valence-corrected chi connectivity index (χ3v) is 3.17. The molecule has 0 heterocycles. The molecule has 1 aromatic rings. The van der Waals surface area contributed by atoms with Gasteiger partial charge in [0, 0.05) is 18.6 Å². The van der Waals surface area contributed by atoms with Crippen molar-refractivity contribution < 1.29 is 24.3 Å². The molecule has 0 radical (unpaired) electrons. The van der Waals surface area contributed by atoms with Gasteiger partial charge in [0.15, 0.2) is 11.6 Å². The predicted octanol–water partition coefficient (Wildman–Crippen LogP) is 2.80. The fraction of sp³-hybridized carbons (Fsp3) is 0.500. The van der Waals surface area contributed by atoms with Gasteiger partial charge >= 0.3 is 0 Å². The number of non-ortho nitro benzene ring substituents is 1. The Bertz CT molecular complexity index is 586. The van der Waals surface area contributed by atoms with Gasteiger partial charge in [0.05, 0.1) is 10.5 Å². The minimum atomic E-state index is -1.77. The second-order valence-corrected chi connectivity index (χ2v) is 6.32. The van der Waals surface area contributed by atoms with Gasteiger partial charge < -0.3 is 0 Å². The molecule has 1 rings (SSSR count). The van der Waals surface area contributed by atoms with Crippen molar-refractivity contribution in [2.24, 2.45) is 0 Å². The van der Waals surface area contributed by atoms with Gasteiger partial charge in [-0.05, 0) is 40.2 Å². The van der Waals surface area contributed by atoms with Crippen molar-refractivity contribution >= 4 is 17.3 Å². The number of nitro groups is 1. The van der Waals surface area contributed by atoms with Crippen LogP contribution in [0.5, 0.6) is 0 Å². The van der Waals surface area contributed by atoms with Crippen LogP contribution in [0, 0.1) is 10.1 Å². The monoisotopic (exact) mass is 323 g/mol. The Kier molecular flexibility index (Phi) is 5.74. The summed E-state index contributed by atoms with van der Waals surface area (Å²) in [6.45, 7) is 7.68. The molecule has 0 unspecified atom stereocenters. The van der Waals surface area contributed by atoms with Crippen LogP contribution >= 0.6 is 0 Å². The lowest BCUT2D eigenvalue weighted by Gasteiger charge is -2.30. The largest absolute Gasteiger partial charge is 0.296 e. The topological polar surface area (TPSA) is 95.7 Å². The number of hydrogen-bond donors (Lipinski definition) is 0. The number of nitro benzene ring substituents is 1. The van der Waals surface area contributed by atoms with E-state index in [1.807, 2.05) is 0 Å². The molecule has 0 saturated carbocycles. The van der Waals surface area contributed by atoms with Crippen molar-refractivity contribution in [3.05, 3.63) is 39.9 Å². The van der Waals surface area contributed by atoms with Crippen LogP contribution in [0.15, 0.2) is 24.3 Å². The second kappa shape index (κ2) is 6.97. The van der Waals surface area contributed by atoms with E-state index in [4.69, 9.17) is 9.78 Å². The Labute approximate surface area is 134 Å². The molecule has 0 atom stereocenters. The summed E-state index contributed by atoms with van der Waals surface area (Å²) >= 11 is 0. The molecule has 1 aromatic carbocycles. The third kappa shape index (κ3) is 4.94. The summed E-state index contributed by atoms with van der Waals surface area (Å²) in [4.78, 5) is 44.8. The lowest BCUT2D eigenvalue weighted by Crippen LogP contribution is -2.50. The number of Topliss-reactive ketones (excluding diaryl/α,β-unsaturated/α-hetero) is 2. The number of ketones is 2. The predicted molar refractivity (Wildman–Crippen MR) is 82.8 cm³/mol. The number of benzene rings is 1. The van der Waals surface area contributed by atoms with E-state index in [1.165, 1.54) is 38.1 Å². The fourth-order valence-corrected chi connectivity index (χ4v) is 1.86. The Balaban J connectivity index is 3.11. The lowest BCUT2D eigenvalue weighted by atomic mass is 9.87. The Hall–Kier alpha value is -2.12. The van der Waals surface area contributed by atoms with E-state index in [2.05, 4.69) is 0 Å². The number of hydrogen-bond acceptors (Lipinski definition) is 6. The van der Waals surface area contributed by atoms with Crippen molar-refractivity contribution in [3.63, 3.8) is 0 Å². The molecule has 0 bridgehead atoms. The van der Waals surface area contributed by atoms with Crippen molar-refractivity contribution in [1.82, 2.24) is 0 Å². The molecular weight excluding hydrogens is 302 g/mol. The van der Waals surface area contributed by atoms with Crippen LogP contribution in [0.2, 0.25) is 0 Å². The molecule has 0 fully saturated rings. The first-order valence-corrected chi connectivity index (χ1v) is 7.10. The zero-order valence-electron chi connectivity index (χ0n) is 13.9. The van der Waals surface area contributed by atoms with Gasteiger partial charge in [-0.25, -0.2) is 9.78 Å². The molecule has 0 aliphatic heterocycles. The summed E-state index contributed by atoms with van der Waals surface area (Å²) in [5.74, 6) is -0.986. The Morgan fingerprint density at radius 3 is 1.87 bits per heavy atom. The quantitative estimate of drug-likeness (QED) is 0.331. The maximum atomic E-state index is 12.1. The number of carbonyl (C=O) groups excluding carboxylic acids is 2. The summed E-state index contributed by atoms with van der Waals surface area (Å²) in [6, 6.07) is 5.59. The molecule has 23 heavy (non-hydrogen) atoms. The summed E-state index contributed by atoms with van der Waals surface area (Å²) in [6.07, 6.45) is -0.0637. The van der Waals surface area contributed by atoms with E-state index in [0.29, 0.717) is 5.56 Å². The Morgan fingerprint density at radius 2 is 1.52 bits per heavy atom. The van der Waals surface area contributed by atoms with Crippen LogP contribution in [-0.4, -0.2) is 27.7 Å². The van der Waals surface area contributed by atoms with Crippen LogP contribution in [0.1, 0.15) is 40.2 Å². The molecule has 7 heteroatoms. The number of rotatable bonds is 7. The maximum absolute atomic E-state index is 12.1. The zero-order valence-corrected chi connectivity index (χ0v) is 13.9. The van der Waals surface area contributed by atoms with Gasteiger partial charge in [0.2, 0.25) is 5.60 Å². The lowest BCUT2D eigenvalue weighted by molar-refractivity contribution is -0.385. The molecule has 0 aliphatic rings. The molecular formula is C16H21NO6. The number of carbonyl (C=O) groups is 2. The molecule has 0 aliphatic carbocycles. The molecule has 0 saturated heterocycles. The van der Waals surface area contributed by atoms with Crippen LogP contribution in [0.3, 0.4) is 0 Å².